The summed E-state index contributed by atoms with van der Waals surface area (Å²) in [5.41, 5.74) is 1.40. The van der Waals surface area contributed by atoms with Gasteiger partial charge >= 0.3 is 6.03 Å². The molecular weight excluding hydrogens is 467 g/mol. The maximum absolute atomic E-state index is 14.0. The summed E-state index contributed by atoms with van der Waals surface area (Å²) >= 11 is 6.10. The number of hydrogen-bond acceptors (Lipinski definition) is 3. The van der Waals surface area contributed by atoms with Gasteiger partial charge in [0.2, 0.25) is 5.91 Å². The number of amides is 3. The zero-order valence-corrected chi connectivity index (χ0v) is 20.3. The number of piperidine rings is 1. The average Bonchev–Trinajstić information content (AvgIpc) is 2.86. The minimum absolute atomic E-state index is 0.0523. The van der Waals surface area contributed by atoms with Crippen LogP contribution in [0.25, 0.3) is 0 Å². The fourth-order valence-corrected chi connectivity index (χ4v) is 5.18. The lowest BCUT2D eigenvalue weighted by Crippen LogP contribution is -2.67. The summed E-state index contributed by atoms with van der Waals surface area (Å²) in [5, 5.41) is 3.54. The minimum Gasteiger partial charge on any atom is -0.330 e. The van der Waals surface area contributed by atoms with Crippen LogP contribution in [0.1, 0.15) is 31.4 Å². The highest BCUT2D eigenvalue weighted by Crippen LogP contribution is 2.57. The van der Waals surface area contributed by atoms with Crippen molar-refractivity contribution in [3.05, 3.63) is 90.4 Å². The zero-order valence-electron chi connectivity index (χ0n) is 19.6. The predicted molar refractivity (Wildman–Crippen MR) is 137 cm³/mol. The molecule has 2 aromatic carbocycles. The predicted octanol–water partition coefficient (Wildman–Crippen LogP) is 5.52. The van der Waals surface area contributed by atoms with Crippen LogP contribution in [0, 0.1) is 11.2 Å². The van der Waals surface area contributed by atoms with Gasteiger partial charge in [0, 0.05) is 30.0 Å². The highest BCUT2D eigenvalue weighted by atomic mass is 35.5. The van der Waals surface area contributed by atoms with Crippen LogP contribution in [0.2, 0.25) is 5.02 Å². The summed E-state index contributed by atoms with van der Waals surface area (Å²) in [7, 11) is 0. The number of nitrogens with zero attached hydrogens (tertiary/aromatic N) is 3. The van der Waals surface area contributed by atoms with E-state index in [1.54, 1.807) is 40.1 Å². The van der Waals surface area contributed by atoms with Crippen molar-refractivity contribution in [3.63, 3.8) is 0 Å². The molecular formula is C27H28ClFN4O2. The molecule has 0 saturated carbocycles. The van der Waals surface area contributed by atoms with Gasteiger partial charge in [-0.3, -0.25) is 9.79 Å². The van der Waals surface area contributed by atoms with Crippen molar-refractivity contribution < 1.29 is 14.0 Å². The van der Waals surface area contributed by atoms with Crippen molar-refractivity contribution in [2.75, 3.05) is 18.0 Å². The Balaban J connectivity index is 1.54. The number of hydrogen-bond donors (Lipinski definition) is 1. The third-order valence-electron chi connectivity index (χ3n) is 6.87. The number of anilines is 1. The number of benzene rings is 2. The lowest BCUT2D eigenvalue weighted by atomic mass is 9.62. The zero-order chi connectivity index (χ0) is 25.2. The van der Waals surface area contributed by atoms with Crippen LogP contribution < -0.4 is 10.2 Å². The normalized spacial score (nSPS) is 20.3. The standard InChI is InChI=1S/C27H28ClFN4O2/c1-4-23(30-5-2)18(3)31-26(35)32-15-13-27(14-16-32)24(19-9-11-20(28)12-10-19)33(25(27)34)22-8-6-7-21(29)17-22/h4-12,17-18,24H,1-2,13-16H2,3H3,(H,31,35). The van der Waals surface area contributed by atoms with Crippen LogP contribution >= 0.6 is 11.6 Å². The number of rotatable bonds is 6. The van der Waals surface area contributed by atoms with Gasteiger partial charge in [-0.1, -0.05) is 43.0 Å². The van der Waals surface area contributed by atoms with E-state index in [-0.39, 0.29) is 24.0 Å². The molecule has 6 nitrogen and oxygen atoms in total. The highest BCUT2D eigenvalue weighted by Gasteiger charge is 2.62. The number of urea groups is 1. The number of halogens is 2. The van der Waals surface area contributed by atoms with Gasteiger partial charge in [-0.25, -0.2) is 9.18 Å². The van der Waals surface area contributed by atoms with E-state index in [1.165, 1.54) is 18.3 Å². The molecule has 2 aliphatic rings. The number of β-lactam (4-membered cyclic amide) rings is 1. The summed E-state index contributed by atoms with van der Waals surface area (Å²) in [6.45, 7) is 9.99. The monoisotopic (exact) mass is 494 g/mol. The molecule has 0 radical (unpaired) electrons. The first-order valence-corrected chi connectivity index (χ1v) is 11.9. The Morgan fingerprint density at radius 2 is 1.91 bits per heavy atom. The molecule has 1 N–H and O–H groups in total. The number of nitrogens with one attached hydrogen (secondary N) is 1. The Labute approximate surface area is 209 Å². The molecule has 0 bridgehead atoms. The topological polar surface area (TPSA) is 65.0 Å². The molecule has 2 heterocycles. The van der Waals surface area contributed by atoms with E-state index in [0.717, 1.165) is 5.56 Å². The van der Waals surface area contributed by atoms with Gasteiger partial charge in [-0.15, -0.1) is 0 Å². The summed E-state index contributed by atoms with van der Waals surface area (Å²) < 4.78 is 14.0. The molecule has 3 amide bonds. The van der Waals surface area contributed by atoms with Crippen LogP contribution in [0.5, 0.6) is 0 Å². The number of carbonyl (C=O) groups is 2. The summed E-state index contributed by atoms with van der Waals surface area (Å²) in [4.78, 5) is 34.0. The lowest BCUT2D eigenvalue weighted by Gasteiger charge is -2.59. The van der Waals surface area contributed by atoms with Crippen LogP contribution in [-0.2, 0) is 4.79 Å². The summed E-state index contributed by atoms with van der Waals surface area (Å²) in [6.07, 6.45) is 4.00. The third kappa shape index (κ3) is 4.60. The number of carbonyl (C=O) groups excluding carboxylic acids is 2. The SMILES string of the molecule is C=CN=C(C=C)C(C)NC(=O)N1CCC2(CC1)C(=O)N(c1cccc(F)c1)C2c1ccc(Cl)cc1. The quantitative estimate of drug-likeness (QED) is 0.424. The molecule has 2 saturated heterocycles. The van der Waals surface area contributed by atoms with E-state index in [2.05, 4.69) is 23.5 Å². The van der Waals surface area contributed by atoms with Gasteiger partial charge in [0.1, 0.15) is 5.82 Å². The largest absolute Gasteiger partial charge is 0.330 e. The smallest absolute Gasteiger partial charge is 0.317 e. The van der Waals surface area contributed by atoms with E-state index >= 15 is 0 Å². The van der Waals surface area contributed by atoms with Gasteiger partial charge in [0.25, 0.3) is 0 Å². The first-order chi connectivity index (χ1) is 16.8. The highest BCUT2D eigenvalue weighted by molar-refractivity contribution is 6.30. The van der Waals surface area contributed by atoms with Crippen molar-refractivity contribution >= 4 is 34.9 Å². The Bertz CT molecular complexity index is 1170. The Kier molecular flexibility index (Phi) is 7.08. The Hall–Kier alpha value is -3.45. The van der Waals surface area contributed by atoms with E-state index in [4.69, 9.17) is 11.6 Å². The van der Waals surface area contributed by atoms with Crippen LogP contribution in [0.15, 0.2) is 79.0 Å². The first kappa shape index (κ1) is 24.7. The molecule has 2 aliphatic heterocycles. The molecule has 35 heavy (non-hydrogen) atoms. The van der Waals surface area contributed by atoms with Crippen molar-refractivity contribution in [3.8, 4) is 0 Å². The molecule has 4 rings (SSSR count). The molecule has 2 unspecified atom stereocenters. The maximum atomic E-state index is 14.0. The van der Waals surface area contributed by atoms with Gasteiger partial charge in [-0.2, -0.15) is 0 Å². The molecule has 0 aromatic heterocycles. The van der Waals surface area contributed by atoms with Crippen LogP contribution in [0.4, 0.5) is 14.9 Å². The minimum atomic E-state index is -0.668. The van der Waals surface area contributed by atoms with Crippen molar-refractivity contribution in [2.45, 2.75) is 31.8 Å². The van der Waals surface area contributed by atoms with E-state index < -0.39 is 11.2 Å². The van der Waals surface area contributed by atoms with Crippen LogP contribution in [0.3, 0.4) is 0 Å². The molecule has 2 atom stereocenters. The second kappa shape index (κ2) is 10.0. The van der Waals surface area contributed by atoms with E-state index in [1.807, 2.05) is 19.1 Å². The molecule has 0 aliphatic carbocycles. The summed E-state index contributed by atoms with van der Waals surface area (Å²) in [5.74, 6) is -0.450. The molecule has 182 valence electrons. The van der Waals surface area contributed by atoms with Crippen molar-refractivity contribution in [1.29, 1.82) is 0 Å². The summed E-state index contributed by atoms with van der Waals surface area (Å²) in [6, 6.07) is 12.7. The van der Waals surface area contributed by atoms with Crippen LogP contribution in [-0.4, -0.2) is 41.7 Å². The lowest BCUT2D eigenvalue weighted by molar-refractivity contribution is -0.144. The molecule has 2 aromatic rings. The maximum Gasteiger partial charge on any atom is 0.317 e. The second-order valence-electron chi connectivity index (χ2n) is 8.86. The fourth-order valence-electron chi connectivity index (χ4n) is 5.05. The van der Waals surface area contributed by atoms with Gasteiger partial charge in [0.05, 0.1) is 23.2 Å². The third-order valence-corrected chi connectivity index (χ3v) is 7.13. The van der Waals surface area contributed by atoms with Crippen molar-refractivity contribution in [2.24, 2.45) is 10.4 Å². The first-order valence-electron chi connectivity index (χ1n) is 11.5. The van der Waals surface area contributed by atoms with Crippen molar-refractivity contribution in [1.82, 2.24) is 10.2 Å². The Morgan fingerprint density at radius 1 is 1.23 bits per heavy atom. The van der Waals surface area contributed by atoms with E-state index in [0.29, 0.717) is 42.4 Å². The Morgan fingerprint density at radius 3 is 2.51 bits per heavy atom. The second-order valence-corrected chi connectivity index (χ2v) is 9.30. The van der Waals surface area contributed by atoms with Gasteiger partial charge < -0.3 is 15.1 Å². The molecule has 2 fully saturated rings. The fraction of sp³-hybridized carbons (Fsp3) is 0.296. The number of likely N-dealkylation sites (tertiary alicyclic amines) is 1. The average molecular weight is 495 g/mol. The van der Waals surface area contributed by atoms with Gasteiger partial charge in [-0.05, 0) is 61.7 Å². The number of aliphatic imine (C=N–C) groups is 1. The van der Waals surface area contributed by atoms with Gasteiger partial charge in [0.15, 0.2) is 0 Å². The van der Waals surface area contributed by atoms with E-state index in [9.17, 15) is 14.0 Å². The molecule has 8 heteroatoms. The molecule has 1 spiro atoms.